The minimum atomic E-state index is -3.30. The lowest BCUT2D eigenvalue weighted by Gasteiger charge is -2.23. The molecule has 4 aromatic rings. The molecule has 0 aliphatic rings. The van der Waals surface area contributed by atoms with Crippen LogP contribution in [0.2, 0.25) is 0 Å². The third kappa shape index (κ3) is 4.75. The number of rotatable bonds is 7. The van der Waals surface area contributed by atoms with Crippen LogP contribution in [0.25, 0.3) is 33.1 Å². The van der Waals surface area contributed by atoms with Crippen LogP contribution in [0.3, 0.4) is 0 Å². The summed E-state index contributed by atoms with van der Waals surface area (Å²) >= 11 is 0. The lowest BCUT2D eigenvalue weighted by atomic mass is 9.99. The van der Waals surface area contributed by atoms with Crippen LogP contribution in [0.4, 0.5) is 0 Å². The summed E-state index contributed by atoms with van der Waals surface area (Å²) in [4.78, 5) is 8.43. The lowest BCUT2D eigenvalue weighted by molar-refractivity contribution is 0.0310. The third-order valence-corrected chi connectivity index (χ3v) is 7.47. The van der Waals surface area contributed by atoms with E-state index in [4.69, 9.17) is 9.72 Å². The summed E-state index contributed by atoms with van der Waals surface area (Å²) in [5.74, 6) is 0.592. The molecule has 33 heavy (non-hydrogen) atoms. The van der Waals surface area contributed by atoms with Crippen molar-refractivity contribution in [2.24, 2.45) is 0 Å². The number of nitrogens with one attached hydrogen (secondary N) is 1. The fourth-order valence-corrected chi connectivity index (χ4v) is 5.20. The van der Waals surface area contributed by atoms with E-state index in [1.807, 2.05) is 44.2 Å². The molecule has 0 aliphatic heterocycles. The van der Waals surface area contributed by atoms with Crippen LogP contribution in [0.5, 0.6) is 5.88 Å². The lowest BCUT2D eigenvalue weighted by Crippen LogP contribution is -2.28. The van der Waals surface area contributed by atoms with Crippen molar-refractivity contribution in [3.05, 3.63) is 54.1 Å². The number of benzene rings is 2. The summed E-state index contributed by atoms with van der Waals surface area (Å²) in [6.45, 7) is 9.05. The van der Waals surface area contributed by atoms with Gasteiger partial charge in [0.1, 0.15) is 11.8 Å². The van der Waals surface area contributed by atoms with Gasteiger partial charge in [-0.1, -0.05) is 31.2 Å². The van der Waals surface area contributed by atoms with E-state index >= 15 is 0 Å². The maximum atomic E-state index is 12.4. The summed E-state index contributed by atoms with van der Waals surface area (Å²) in [5.41, 5.74) is 3.46. The van der Waals surface area contributed by atoms with Crippen LogP contribution >= 0.6 is 0 Å². The maximum absolute atomic E-state index is 12.4. The average molecular weight is 467 g/mol. The van der Waals surface area contributed by atoms with Crippen LogP contribution in [-0.2, 0) is 9.84 Å². The van der Waals surface area contributed by atoms with E-state index in [-0.39, 0.29) is 11.9 Å². The van der Waals surface area contributed by atoms with Crippen LogP contribution < -0.4 is 4.74 Å². The molecule has 174 valence electrons. The first-order valence-electron chi connectivity index (χ1n) is 11.1. The van der Waals surface area contributed by atoms with E-state index in [1.54, 1.807) is 39.0 Å². The van der Waals surface area contributed by atoms with Crippen molar-refractivity contribution in [1.82, 2.24) is 9.97 Å². The Morgan fingerprint density at radius 3 is 2.58 bits per heavy atom. The largest absolute Gasteiger partial charge is 0.474 e. The number of sulfone groups is 1. The number of aromatic nitrogens is 2. The van der Waals surface area contributed by atoms with Crippen LogP contribution in [-0.4, -0.2) is 41.0 Å². The highest BCUT2D eigenvalue weighted by Crippen LogP contribution is 2.36. The van der Waals surface area contributed by atoms with Crippen molar-refractivity contribution in [2.45, 2.75) is 57.6 Å². The number of aliphatic hydroxyl groups is 1. The Kier molecular flexibility index (Phi) is 5.97. The molecule has 0 amide bonds. The van der Waals surface area contributed by atoms with Gasteiger partial charge in [-0.05, 0) is 63.1 Å². The van der Waals surface area contributed by atoms with Gasteiger partial charge in [0.25, 0.3) is 0 Å². The number of hydrogen-bond acceptors (Lipinski definition) is 5. The van der Waals surface area contributed by atoms with Gasteiger partial charge in [-0.25, -0.2) is 8.42 Å². The van der Waals surface area contributed by atoms with Crippen molar-refractivity contribution in [3.63, 3.8) is 0 Å². The number of fused-ring (bicyclic) bond motifs is 3. The zero-order valence-electron chi connectivity index (χ0n) is 19.6. The van der Waals surface area contributed by atoms with Gasteiger partial charge < -0.3 is 14.8 Å². The number of ether oxygens (including phenoxy) is 1. The van der Waals surface area contributed by atoms with Crippen LogP contribution in [0.15, 0.2) is 53.4 Å². The van der Waals surface area contributed by atoms with Gasteiger partial charge in [0.15, 0.2) is 9.84 Å². The predicted molar refractivity (Wildman–Crippen MR) is 133 cm³/mol. The highest BCUT2D eigenvalue weighted by Gasteiger charge is 2.21. The van der Waals surface area contributed by atoms with Crippen molar-refractivity contribution in [3.8, 4) is 17.0 Å². The van der Waals surface area contributed by atoms with Gasteiger partial charge in [-0.15, -0.1) is 0 Å². The standard InChI is InChI=1S/C26H30N2O4S/c1-6-33(30,31)19-10-7-9-18(14-19)20-11-8-12-22-23(20)21-13-16(2)25(28-24(21)27-22)32-17(3)15-26(4,5)29/h7-14,17,29H,6,15H2,1-5H3,(H,27,28)/t17-/m0/s1. The minimum Gasteiger partial charge on any atom is -0.474 e. The first kappa shape index (κ1) is 23.3. The Morgan fingerprint density at radius 2 is 1.88 bits per heavy atom. The fraction of sp³-hybridized carbons (Fsp3) is 0.346. The number of pyridine rings is 1. The number of nitrogens with zero attached hydrogens (tertiary/aromatic N) is 1. The summed E-state index contributed by atoms with van der Waals surface area (Å²) in [5, 5.41) is 12.0. The quantitative estimate of drug-likeness (QED) is 0.380. The molecular weight excluding hydrogens is 436 g/mol. The highest BCUT2D eigenvalue weighted by molar-refractivity contribution is 7.91. The summed E-state index contributed by atoms with van der Waals surface area (Å²) < 4.78 is 30.9. The topological polar surface area (TPSA) is 92.3 Å². The monoisotopic (exact) mass is 466 g/mol. The minimum absolute atomic E-state index is 0.0610. The van der Waals surface area contributed by atoms with Crippen molar-refractivity contribution in [1.29, 1.82) is 0 Å². The van der Waals surface area contributed by atoms with Gasteiger partial charge in [0.05, 0.1) is 16.2 Å². The molecule has 0 saturated heterocycles. The molecule has 1 atom stereocenters. The molecule has 0 bridgehead atoms. The van der Waals surface area contributed by atoms with Crippen molar-refractivity contribution >= 4 is 31.8 Å². The van der Waals surface area contributed by atoms with E-state index in [1.165, 1.54) is 0 Å². The molecule has 6 nitrogen and oxygen atoms in total. The second-order valence-electron chi connectivity index (χ2n) is 9.24. The van der Waals surface area contributed by atoms with Crippen LogP contribution in [0.1, 0.15) is 39.7 Å². The molecule has 7 heteroatoms. The zero-order valence-corrected chi connectivity index (χ0v) is 20.5. The Bertz CT molecular complexity index is 1430. The number of H-pyrrole nitrogens is 1. The van der Waals surface area contributed by atoms with Crippen molar-refractivity contribution in [2.75, 3.05) is 5.75 Å². The Balaban J connectivity index is 1.83. The Morgan fingerprint density at radius 1 is 1.15 bits per heavy atom. The molecule has 4 rings (SSSR count). The summed E-state index contributed by atoms with van der Waals surface area (Å²) in [7, 11) is -3.30. The highest BCUT2D eigenvalue weighted by atomic mass is 32.2. The van der Waals surface area contributed by atoms with E-state index in [9.17, 15) is 13.5 Å². The first-order chi connectivity index (χ1) is 15.5. The van der Waals surface area contributed by atoms with Gasteiger partial charge in [0.2, 0.25) is 5.88 Å². The van der Waals surface area contributed by atoms with Gasteiger partial charge in [0, 0.05) is 28.3 Å². The molecule has 0 spiro atoms. The summed E-state index contributed by atoms with van der Waals surface area (Å²) in [6, 6.07) is 15.1. The smallest absolute Gasteiger partial charge is 0.218 e. The number of aryl methyl sites for hydroxylation is 1. The molecule has 2 N–H and O–H groups in total. The van der Waals surface area contributed by atoms with E-state index < -0.39 is 15.4 Å². The third-order valence-electron chi connectivity index (χ3n) is 5.74. The maximum Gasteiger partial charge on any atom is 0.218 e. The molecule has 2 aromatic heterocycles. The number of hydrogen-bond donors (Lipinski definition) is 2. The molecule has 2 heterocycles. The van der Waals surface area contributed by atoms with Gasteiger partial charge in [-0.3, -0.25) is 0 Å². The first-order valence-corrected chi connectivity index (χ1v) is 12.8. The molecular formula is C26H30N2O4S. The second-order valence-corrected chi connectivity index (χ2v) is 11.5. The molecule has 2 aromatic carbocycles. The molecule has 0 fully saturated rings. The SMILES string of the molecule is CCS(=O)(=O)c1cccc(-c2cccc3[nH]c4nc(O[C@@H](C)CC(C)(C)O)c(C)cc4c23)c1. The van der Waals surface area contributed by atoms with Gasteiger partial charge >= 0.3 is 0 Å². The predicted octanol–water partition coefficient (Wildman–Crippen LogP) is 5.41. The molecule has 0 unspecified atom stereocenters. The van der Waals surface area contributed by atoms with E-state index in [2.05, 4.69) is 4.98 Å². The molecule has 0 saturated carbocycles. The average Bonchev–Trinajstić information content (AvgIpc) is 3.10. The second kappa shape index (κ2) is 8.47. The van der Waals surface area contributed by atoms with E-state index in [0.717, 1.165) is 33.0 Å². The normalized spacial score (nSPS) is 13.5. The molecule has 0 aliphatic carbocycles. The Hall–Kier alpha value is -2.90. The van der Waals surface area contributed by atoms with Crippen LogP contribution in [0, 0.1) is 6.92 Å². The zero-order chi connectivity index (χ0) is 24.0. The van der Waals surface area contributed by atoms with Crippen molar-refractivity contribution < 1.29 is 18.3 Å². The number of aromatic amines is 1. The van der Waals surface area contributed by atoms with Gasteiger partial charge in [-0.2, -0.15) is 4.98 Å². The van der Waals surface area contributed by atoms with E-state index in [0.29, 0.717) is 22.8 Å². The fourth-order valence-electron chi connectivity index (χ4n) is 4.28. The Labute approximate surface area is 194 Å². The summed E-state index contributed by atoms with van der Waals surface area (Å²) in [6.07, 6.45) is 0.289. The molecule has 0 radical (unpaired) electrons.